The number of hydrogen-bond donors (Lipinski definition) is 0. The van der Waals surface area contributed by atoms with Gasteiger partial charge >= 0.3 is 11.9 Å². The van der Waals surface area contributed by atoms with Crippen molar-refractivity contribution < 1.29 is 19.1 Å². The Labute approximate surface area is 141 Å². The second-order valence-electron chi connectivity index (χ2n) is 6.16. The van der Waals surface area contributed by atoms with Gasteiger partial charge in [-0.15, -0.1) is 0 Å². The van der Waals surface area contributed by atoms with Crippen molar-refractivity contribution in [2.75, 3.05) is 13.2 Å². The lowest BCUT2D eigenvalue weighted by Crippen LogP contribution is -2.07. The zero-order valence-corrected chi connectivity index (χ0v) is 14.3. The number of esters is 2. The van der Waals surface area contributed by atoms with Gasteiger partial charge in [0.1, 0.15) is 0 Å². The largest absolute Gasteiger partial charge is 0.465 e. The molecule has 2 heterocycles. The van der Waals surface area contributed by atoms with E-state index in [0.29, 0.717) is 37.9 Å². The first-order valence-corrected chi connectivity index (χ1v) is 8.69. The van der Waals surface area contributed by atoms with Crippen LogP contribution in [0.2, 0.25) is 0 Å². The van der Waals surface area contributed by atoms with Crippen molar-refractivity contribution in [3.05, 3.63) is 0 Å². The highest BCUT2D eigenvalue weighted by Crippen LogP contribution is 2.22. The predicted octanol–water partition coefficient (Wildman–Crippen LogP) is 3.19. The van der Waals surface area contributed by atoms with Crippen LogP contribution in [0.1, 0.15) is 51.4 Å². The van der Waals surface area contributed by atoms with Crippen LogP contribution in [0.15, 0.2) is 0 Å². The Bertz CT molecular complexity index is 419. The van der Waals surface area contributed by atoms with E-state index in [9.17, 15) is 9.59 Å². The van der Waals surface area contributed by atoms with Gasteiger partial charge in [-0.25, -0.2) is 0 Å². The molecular weight excluding hydrogens is 320 g/mol. The minimum Gasteiger partial charge on any atom is -0.465 e. The van der Waals surface area contributed by atoms with Crippen LogP contribution in [-0.2, 0) is 19.1 Å². The van der Waals surface area contributed by atoms with Crippen LogP contribution in [-0.4, -0.2) is 34.9 Å². The van der Waals surface area contributed by atoms with Crippen LogP contribution in [0.3, 0.4) is 0 Å². The van der Waals surface area contributed by atoms with Crippen molar-refractivity contribution >= 4 is 46.1 Å². The molecule has 0 N–H and O–H groups in total. The van der Waals surface area contributed by atoms with Gasteiger partial charge < -0.3 is 9.47 Å². The lowest BCUT2D eigenvalue weighted by atomic mass is 9.97. The summed E-state index contributed by atoms with van der Waals surface area (Å²) in [6.45, 7) is 1.09. The van der Waals surface area contributed by atoms with E-state index in [1.165, 1.54) is 0 Å². The van der Waals surface area contributed by atoms with E-state index >= 15 is 0 Å². The van der Waals surface area contributed by atoms with Crippen molar-refractivity contribution in [1.82, 2.24) is 0 Å². The highest BCUT2D eigenvalue weighted by Gasteiger charge is 2.24. The summed E-state index contributed by atoms with van der Waals surface area (Å²) in [4.78, 5) is 24.1. The van der Waals surface area contributed by atoms with Gasteiger partial charge in [0, 0.05) is 11.8 Å². The Morgan fingerprint density at radius 2 is 1.23 bits per heavy atom. The van der Waals surface area contributed by atoms with E-state index in [0.717, 1.165) is 48.3 Å². The van der Waals surface area contributed by atoms with E-state index in [1.54, 1.807) is 0 Å². The molecule has 2 unspecified atom stereocenters. The van der Waals surface area contributed by atoms with Crippen LogP contribution >= 0.6 is 24.4 Å². The zero-order chi connectivity index (χ0) is 15.9. The molecule has 2 aliphatic heterocycles. The van der Waals surface area contributed by atoms with E-state index in [-0.39, 0.29) is 11.9 Å². The molecule has 0 spiro atoms. The van der Waals surface area contributed by atoms with Gasteiger partial charge in [-0.05, 0) is 48.3 Å². The zero-order valence-electron chi connectivity index (χ0n) is 12.7. The average molecular weight is 342 g/mol. The number of ether oxygens (including phenoxy) is 2. The maximum atomic E-state index is 11.0. The molecule has 0 aliphatic carbocycles. The van der Waals surface area contributed by atoms with E-state index in [1.807, 2.05) is 0 Å². The highest BCUT2D eigenvalue weighted by molar-refractivity contribution is 7.80. The van der Waals surface area contributed by atoms with Crippen molar-refractivity contribution in [3.63, 3.8) is 0 Å². The van der Waals surface area contributed by atoms with Gasteiger partial charge in [0.2, 0.25) is 0 Å². The molecule has 2 aliphatic rings. The Morgan fingerprint density at radius 3 is 1.55 bits per heavy atom. The Balaban J connectivity index is 1.52. The number of carbonyl (C=O) groups is 2. The summed E-state index contributed by atoms with van der Waals surface area (Å²) in [5, 5.41) is 0. The summed E-state index contributed by atoms with van der Waals surface area (Å²) in [5.74, 6) is 0.479. The molecule has 2 saturated heterocycles. The fraction of sp³-hybridized carbons (Fsp3) is 0.750. The molecule has 0 aromatic rings. The first-order valence-electron chi connectivity index (χ1n) is 7.87. The average Bonchev–Trinajstić information content (AvgIpc) is 3.09. The summed E-state index contributed by atoms with van der Waals surface area (Å²) in [7, 11) is 0. The maximum Gasteiger partial charge on any atom is 0.306 e. The highest BCUT2D eigenvalue weighted by atomic mass is 32.1. The minimum atomic E-state index is -0.0912. The molecule has 122 valence electrons. The molecule has 0 radical (unpaired) electrons. The fourth-order valence-corrected chi connectivity index (χ4v) is 3.20. The molecule has 2 fully saturated rings. The SMILES string of the molecule is O=C1CC(CCC(=S)CCC(=S)CCC2COC(=O)C2)CO1. The third kappa shape index (κ3) is 6.08. The van der Waals surface area contributed by atoms with Gasteiger partial charge in [0.05, 0.1) is 26.1 Å². The van der Waals surface area contributed by atoms with E-state index in [4.69, 9.17) is 33.9 Å². The first-order chi connectivity index (χ1) is 10.5. The fourth-order valence-electron chi connectivity index (χ4n) is 2.76. The van der Waals surface area contributed by atoms with E-state index < -0.39 is 0 Å². The van der Waals surface area contributed by atoms with Crippen LogP contribution in [0, 0.1) is 11.8 Å². The van der Waals surface area contributed by atoms with Crippen LogP contribution < -0.4 is 0 Å². The smallest absolute Gasteiger partial charge is 0.306 e. The van der Waals surface area contributed by atoms with Gasteiger partial charge in [0.25, 0.3) is 0 Å². The molecular formula is C16H22O4S2. The van der Waals surface area contributed by atoms with Gasteiger partial charge in [0.15, 0.2) is 0 Å². The van der Waals surface area contributed by atoms with Crippen LogP contribution in [0.4, 0.5) is 0 Å². The first kappa shape index (κ1) is 17.5. The quantitative estimate of drug-likeness (QED) is 0.474. The van der Waals surface area contributed by atoms with Gasteiger partial charge in [-0.1, -0.05) is 24.4 Å². The minimum absolute atomic E-state index is 0.0912. The molecule has 4 nitrogen and oxygen atoms in total. The van der Waals surface area contributed by atoms with Gasteiger partial charge in [-0.3, -0.25) is 9.59 Å². The lowest BCUT2D eigenvalue weighted by molar-refractivity contribution is -0.138. The van der Waals surface area contributed by atoms with E-state index in [2.05, 4.69) is 0 Å². The number of hydrogen-bond acceptors (Lipinski definition) is 6. The van der Waals surface area contributed by atoms with Crippen LogP contribution in [0.5, 0.6) is 0 Å². The Kier molecular flexibility index (Phi) is 6.89. The summed E-state index contributed by atoms with van der Waals surface area (Å²) in [5.41, 5.74) is 0. The van der Waals surface area contributed by atoms with Crippen molar-refractivity contribution in [2.24, 2.45) is 11.8 Å². The molecule has 0 bridgehead atoms. The third-order valence-corrected chi connectivity index (χ3v) is 5.03. The normalized spacial score (nSPS) is 24.2. The number of carbonyl (C=O) groups excluding carboxylic acids is 2. The second-order valence-corrected chi connectivity index (χ2v) is 7.32. The van der Waals surface area contributed by atoms with Crippen molar-refractivity contribution in [2.45, 2.75) is 51.4 Å². The molecule has 2 rings (SSSR count). The standard InChI is InChI=1S/C16H22O4S2/c17-15-7-11(9-19-15)1-3-13(21)5-6-14(22)4-2-12-8-16(18)20-10-12/h11-12H,1-10H2. The molecule has 22 heavy (non-hydrogen) atoms. The topological polar surface area (TPSA) is 52.6 Å². The monoisotopic (exact) mass is 342 g/mol. The summed E-state index contributed by atoms with van der Waals surface area (Å²) < 4.78 is 9.89. The Morgan fingerprint density at radius 1 is 0.818 bits per heavy atom. The second kappa shape index (κ2) is 8.67. The molecule has 2 atom stereocenters. The summed E-state index contributed by atoms with van der Waals surface area (Å²) in [6, 6.07) is 0. The number of cyclic esters (lactones) is 2. The van der Waals surface area contributed by atoms with Gasteiger partial charge in [-0.2, -0.15) is 0 Å². The summed E-state index contributed by atoms with van der Waals surface area (Å²) >= 11 is 10.8. The number of thiocarbonyl (C=S) groups is 2. The van der Waals surface area contributed by atoms with Crippen molar-refractivity contribution in [3.8, 4) is 0 Å². The molecule has 6 heteroatoms. The predicted molar refractivity (Wildman–Crippen MR) is 91.0 cm³/mol. The third-order valence-electron chi connectivity index (χ3n) is 4.22. The molecule has 0 amide bonds. The number of rotatable bonds is 9. The molecule has 0 aromatic heterocycles. The summed E-state index contributed by atoms with van der Waals surface area (Å²) in [6.07, 6.45) is 6.34. The maximum absolute atomic E-state index is 11.0. The molecule has 0 aromatic carbocycles. The van der Waals surface area contributed by atoms with Crippen LogP contribution in [0.25, 0.3) is 0 Å². The lowest BCUT2D eigenvalue weighted by Gasteiger charge is -2.09. The van der Waals surface area contributed by atoms with Crippen molar-refractivity contribution in [1.29, 1.82) is 0 Å². The molecule has 0 saturated carbocycles. The Hall–Kier alpha value is -0.880.